The highest BCUT2D eigenvalue weighted by molar-refractivity contribution is 5.52. The standard InChI is InChI=1S/C14H20FN/c1-10-6-3-4-9-13(10)16-14-11(2)7-5-8-12(14)15/h5,7-8,10,13,16H,3-4,6,9H2,1-2H3. The Kier molecular flexibility index (Phi) is 3.47. The van der Waals surface area contributed by atoms with Gasteiger partial charge in [0.15, 0.2) is 0 Å². The molecular weight excluding hydrogens is 201 g/mol. The third kappa shape index (κ3) is 2.37. The maximum absolute atomic E-state index is 13.7. The molecule has 1 saturated carbocycles. The zero-order chi connectivity index (χ0) is 11.5. The summed E-state index contributed by atoms with van der Waals surface area (Å²) in [7, 11) is 0. The van der Waals surface area contributed by atoms with E-state index in [0.29, 0.717) is 17.6 Å². The Morgan fingerprint density at radius 2 is 2.00 bits per heavy atom. The Bertz CT molecular complexity index is 342. The molecule has 1 aromatic rings. The van der Waals surface area contributed by atoms with Crippen molar-refractivity contribution in [2.45, 2.75) is 45.6 Å². The van der Waals surface area contributed by atoms with Crippen LogP contribution in [0, 0.1) is 18.7 Å². The molecule has 88 valence electrons. The highest BCUT2D eigenvalue weighted by Crippen LogP contribution is 2.29. The van der Waals surface area contributed by atoms with E-state index in [1.807, 2.05) is 13.0 Å². The molecule has 0 radical (unpaired) electrons. The van der Waals surface area contributed by atoms with Crippen LogP contribution in [0.15, 0.2) is 18.2 Å². The normalized spacial score (nSPS) is 25.4. The van der Waals surface area contributed by atoms with E-state index in [1.54, 1.807) is 6.07 Å². The third-order valence-electron chi connectivity index (χ3n) is 3.66. The number of nitrogens with one attached hydrogen (secondary N) is 1. The fourth-order valence-corrected chi connectivity index (χ4v) is 2.53. The molecule has 1 aromatic carbocycles. The number of para-hydroxylation sites is 1. The van der Waals surface area contributed by atoms with Gasteiger partial charge in [-0.15, -0.1) is 0 Å². The molecule has 16 heavy (non-hydrogen) atoms. The number of aryl methyl sites for hydroxylation is 1. The lowest BCUT2D eigenvalue weighted by Crippen LogP contribution is -2.30. The van der Waals surface area contributed by atoms with Crippen LogP contribution in [-0.2, 0) is 0 Å². The Labute approximate surface area is 97.1 Å². The van der Waals surface area contributed by atoms with Gasteiger partial charge in [-0.25, -0.2) is 4.39 Å². The first-order valence-electron chi connectivity index (χ1n) is 6.20. The maximum Gasteiger partial charge on any atom is 0.146 e. The number of anilines is 1. The number of rotatable bonds is 2. The minimum absolute atomic E-state index is 0.127. The van der Waals surface area contributed by atoms with Gasteiger partial charge in [-0.05, 0) is 37.3 Å². The van der Waals surface area contributed by atoms with Gasteiger partial charge >= 0.3 is 0 Å². The van der Waals surface area contributed by atoms with Crippen molar-refractivity contribution in [3.8, 4) is 0 Å². The fourth-order valence-electron chi connectivity index (χ4n) is 2.53. The second kappa shape index (κ2) is 4.86. The minimum atomic E-state index is -0.127. The summed E-state index contributed by atoms with van der Waals surface area (Å²) in [5.74, 6) is 0.519. The van der Waals surface area contributed by atoms with Gasteiger partial charge in [0.2, 0.25) is 0 Å². The molecule has 2 atom stereocenters. The second-order valence-electron chi connectivity index (χ2n) is 4.94. The molecule has 0 aromatic heterocycles. The van der Waals surface area contributed by atoms with Crippen LogP contribution in [0.3, 0.4) is 0 Å². The molecule has 1 N–H and O–H groups in total. The van der Waals surface area contributed by atoms with Gasteiger partial charge < -0.3 is 5.32 Å². The molecule has 1 fully saturated rings. The Morgan fingerprint density at radius 1 is 1.25 bits per heavy atom. The topological polar surface area (TPSA) is 12.0 Å². The van der Waals surface area contributed by atoms with Gasteiger partial charge in [-0.1, -0.05) is 31.9 Å². The Morgan fingerprint density at radius 3 is 2.69 bits per heavy atom. The Balaban J connectivity index is 2.13. The van der Waals surface area contributed by atoms with Crippen molar-refractivity contribution >= 4 is 5.69 Å². The van der Waals surface area contributed by atoms with E-state index in [2.05, 4.69) is 12.2 Å². The van der Waals surface area contributed by atoms with Crippen LogP contribution >= 0.6 is 0 Å². The number of hydrogen-bond donors (Lipinski definition) is 1. The lowest BCUT2D eigenvalue weighted by molar-refractivity contribution is 0.348. The third-order valence-corrected chi connectivity index (χ3v) is 3.66. The van der Waals surface area contributed by atoms with Crippen molar-refractivity contribution in [3.05, 3.63) is 29.6 Å². The monoisotopic (exact) mass is 221 g/mol. The first kappa shape index (κ1) is 11.4. The first-order valence-corrected chi connectivity index (χ1v) is 6.20. The van der Waals surface area contributed by atoms with Gasteiger partial charge in [0.1, 0.15) is 5.82 Å². The predicted octanol–water partition coefficient (Wildman–Crippen LogP) is 4.12. The van der Waals surface area contributed by atoms with E-state index in [4.69, 9.17) is 0 Å². The van der Waals surface area contributed by atoms with Crippen molar-refractivity contribution < 1.29 is 4.39 Å². The van der Waals surface area contributed by atoms with Gasteiger partial charge in [0.25, 0.3) is 0 Å². The average molecular weight is 221 g/mol. The molecule has 1 nitrogen and oxygen atoms in total. The molecular formula is C14H20FN. The van der Waals surface area contributed by atoms with Crippen molar-refractivity contribution in [2.24, 2.45) is 5.92 Å². The summed E-state index contributed by atoms with van der Waals surface area (Å²) >= 11 is 0. The minimum Gasteiger partial charge on any atom is -0.379 e. The number of halogens is 1. The summed E-state index contributed by atoms with van der Waals surface area (Å²) in [6.45, 7) is 4.21. The highest BCUT2D eigenvalue weighted by Gasteiger charge is 2.22. The zero-order valence-electron chi connectivity index (χ0n) is 10.1. The summed E-state index contributed by atoms with van der Waals surface area (Å²) in [6, 6.07) is 5.69. The van der Waals surface area contributed by atoms with Crippen molar-refractivity contribution in [2.75, 3.05) is 5.32 Å². The van der Waals surface area contributed by atoms with Crippen LogP contribution in [0.2, 0.25) is 0 Å². The molecule has 0 spiro atoms. The molecule has 1 aliphatic carbocycles. The van der Waals surface area contributed by atoms with Crippen LogP contribution in [0.25, 0.3) is 0 Å². The summed E-state index contributed by atoms with van der Waals surface area (Å²) in [4.78, 5) is 0. The molecule has 0 heterocycles. The lowest BCUT2D eigenvalue weighted by Gasteiger charge is -2.31. The van der Waals surface area contributed by atoms with Crippen LogP contribution in [0.5, 0.6) is 0 Å². The van der Waals surface area contributed by atoms with Gasteiger partial charge in [-0.2, -0.15) is 0 Å². The molecule has 0 aliphatic heterocycles. The molecule has 2 heteroatoms. The quantitative estimate of drug-likeness (QED) is 0.792. The van der Waals surface area contributed by atoms with E-state index < -0.39 is 0 Å². The fraction of sp³-hybridized carbons (Fsp3) is 0.571. The van der Waals surface area contributed by atoms with Gasteiger partial charge in [-0.3, -0.25) is 0 Å². The number of hydrogen-bond acceptors (Lipinski definition) is 1. The van der Waals surface area contributed by atoms with Gasteiger partial charge in [0, 0.05) is 6.04 Å². The van der Waals surface area contributed by atoms with E-state index in [1.165, 1.54) is 25.3 Å². The Hall–Kier alpha value is -1.05. The largest absolute Gasteiger partial charge is 0.379 e. The molecule has 0 amide bonds. The van der Waals surface area contributed by atoms with Crippen LogP contribution in [0.1, 0.15) is 38.2 Å². The summed E-state index contributed by atoms with van der Waals surface area (Å²) in [6.07, 6.45) is 4.99. The average Bonchev–Trinajstić information content (AvgIpc) is 2.26. The van der Waals surface area contributed by atoms with Crippen molar-refractivity contribution in [3.63, 3.8) is 0 Å². The van der Waals surface area contributed by atoms with Gasteiger partial charge in [0.05, 0.1) is 5.69 Å². The summed E-state index contributed by atoms with van der Waals surface area (Å²) in [5.41, 5.74) is 1.69. The summed E-state index contributed by atoms with van der Waals surface area (Å²) in [5, 5.41) is 3.39. The molecule has 0 bridgehead atoms. The van der Waals surface area contributed by atoms with Crippen LogP contribution in [-0.4, -0.2) is 6.04 Å². The van der Waals surface area contributed by atoms with E-state index in [9.17, 15) is 4.39 Å². The second-order valence-corrected chi connectivity index (χ2v) is 4.94. The highest BCUT2D eigenvalue weighted by atomic mass is 19.1. The lowest BCUT2D eigenvalue weighted by atomic mass is 9.85. The molecule has 2 unspecified atom stereocenters. The summed E-state index contributed by atoms with van der Waals surface area (Å²) < 4.78 is 13.7. The molecule has 0 saturated heterocycles. The van der Waals surface area contributed by atoms with E-state index >= 15 is 0 Å². The number of benzene rings is 1. The smallest absolute Gasteiger partial charge is 0.146 e. The van der Waals surface area contributed by atoms with Crippen LogP contribution in [0.4, 0.5) is 10.1 Å². The van der Waals surface area contributed by atoms with E-state index in [-0.39, 0.29) is 5.82 Å². The van der Waals surface area contributed by atoms with Crippen LogP contribution < -0.4 is 5.32 Å². The molecule has 1 aliphatic rings. The zero-order valence-corrected chi connectivity index (χ0v) is 10.1. The predicted molar refractivity (Wildman–Crippen MR) is 66.2 cm³/mol. The molecule has 2 rings (SSSR count). The SMILES string of the molecule is Cc1cccc(F)c1NC1CCCCC1C. The first-order chi connectivity index (χ1) is 7.68. The van der Waals surface area contributed by atoms with Crippen molar-refractivity contribution in [1.82, 2.24) is 0 Å². The van der Waals surface area contributed by atoms with Crippen molar-refractivity contribution in [1.29, 1.82) is 0 Å². The van der Waals surface area contributed by atoms with E-state index in [0.717, 1.165) is 12.0 Å². The maximum atomic E-state index is 13.7.